The van der Waals surface area contributed by atoms with Gasteiger partial charge in [0, 0.05) is 45.3 Å². The van der Waals surface area contributed by atoms with Crippen molar-refractivity contribution in [2.45, 2.75) is 0 Å². The van der Waals surface area contributed by atoms with Gasteiger partial charge in [0.2, 0.25) is 0 Å². The Morgan fingerprint density at radius 2 is 0.486 bits per heavy atom. The van der Waals surface area contributed by atoms with Crippen LogP contribution in [0.4, 0.5) is 34.1 Å². The molecule has 0 spiro atoms. The second-order valence-electron chi connectivity index (χ2n) is 17.5. The average Bonchev–Trinajstić information content (AvgIpc) is 3.45. The van der Waals surface area contributed by atoms with Crippen molar-refractivity contribution in [3.05, 3.63) is 312 Å². The summed E-state index contributed by atoms with van der Waals surface area (Å²) in [5.74, 6) is 0. The molecule has 11 aromatic carbocycles. The molecule has 0 heterocycles. The van der Waals surface area contributed by atoms with E-state index in [1.54, 1.807) is 0 Å². The number of nitrogens with zero attached hydrogens (tertiary/aromatic N) is 4. The quantitative estimate of drug-likeness (QED) is 0.0905. The fraction of sp³-hybridized carbons (Fsp3) is 0. The van der Waals surface area contributed by atoms with E-state index in [4.69, 9.17) is 0 Å². The molecule has 0 saturated carbocycles. The van der Waals surface area contributed by atoms with Crippen LogP contribution in [0.25, 0.3) is 43.8 Å². The number of anilines is 6. The molecule has 0 aliphatic carbocycles. The van der Waals surface area contributed by atoms with Gasteiger partial charge in [-0.3, -0.25) is 0 Å². The van der Waals surface area contributed by atoms with Crippen LogP contribution in [0, 0.1) is 22.7 Å². The maximum absolute atomic E-state index is 10.8. The zero-order chi connectivity index (χ0) is 48.6. The first-order valence-corrected chi connectivity index (χ1v) is 24.0. The van der Waals surface area contributed by atoms with Gasteiger partial charge in [0.1, 0.15) is 12.1 Å². The van der Waals surface area contributed by atoms with Crippen LogP contribution in [-0.2, 0) is 0 Å². The molecule has 11 rings (SSSR count). The summed E-state index contributed by atoms with van der Waals surface area (Å²) in [7, 11) is 0. The summed E-state index contributed by atoms with van der Waals surface area (Å²) in [5.41, 5.74) is 14.5. The minimum absolute atomic E-state index is 0.607. The summed E-state index contributed by atoms with van der Waals surface area (Å²) in [5, 5.41) is 26.2. The monoisotopic (exact) mass is 918 g/mol. The Morgan fingerprint density at radius 3 is 0.778 bits per heavy atom. The molecule has 0 aliphatic heterocycles. The second kappa shape index (κ2) is 20.3. The Balaban J connectivity index is 1.01. The van der Waals surface area contributed by atoms with Gasteiger partial charge in [-0.15, -0.1) is 0 Å². The molecular formula is C68H46N4. The van der Waals surface area contributed by atoms with Crippen molar-refractivity contribution in [2.75, 3.05) is 9.80 Å². The minimum atomic E-state index is 0.607. The minimum Gasteiger partial charge on any atom is -0.310 e. The summed E-state index contributed by atoms with van der Waals surface area (Å²) >= 11 is 0. The van der Waals surface area contributed by atoms with E-state index in [9.17, 15) is 10.5 Å². The van der Waals surface area contributed by atoms with E-state index < -0.39 is 0 Å². The predicted molar refractivity (Wildman–Crippen MR) is 300 cm³/mol. The first kappa shape index (κ1) is 44.5. The maximum atomic E-state index is 10.8. The van der Waals surface area contributed by atoms with Crippen LogP contribution in [0.15, 0.2) is 279 Å². The van der Waals surface area contributed by atoms with E-state index in [0.717, 1.165) is 100 Å². The lowest BCUT2D eigenvalue weighted by Crippen LogP contribution is -2.12. The molecule has 0 amide bonds. The Morgan fingerprint density at radius 1 is 0.236 bits per heavy atom. The van der Waals surface area contributed by atoms with Crippen LogP contribution in [0.2, 0.25) is 0 Å². The van der Waals surface area contributed by atoms with E-state index in [1.165, 1.54) is 0 Å². The summed E-state index contributed by atoms with van der Waals surface area (Å²) < 4.78 is 0. The van der Waals surface area contributed by atoms with Crippen molar-refractivity contribution in [1.82, 2.24) is 0 Å². The van der Waals surface area contributed by atoms with Gasteiger partial charge in [-0.2, -0.15) is 10.5 Å². The first-order chi connectivity index (χ1) is 35.6. The van der Waals surface area contributed by atoms with Crippen molar-refractivity contribution in [3.8, 4) is 12.1 Å². The molecule has 72 heavy (non-hydrogen) atoms. The SMILES string of the molecule is N#CC(=C(c1ccccc1)c1ccccc1)c1ccc(N(c2ccc(N(c3ccc(C(C#N)=C(c4ccccc4)c4ccccc4)cc3)c3ccc4ccccc4c3)cc2)c2ccc3ccccc3c2)cc1. The van der Waals surface area contributed by atoms with Crippen molar-refractivity contribution < 1.29 is 0 Å². The Bertz CT molecular complexity index is 3490. The van der Waals surface area contributed by atoms with Gasteiger partial charge in [0.15, 0.2) is 0 Å². The molecule has 11 aromatic rings. The van der Waals surface area contributed by atoms with Crippen LogP contribution in [0.3, 0.4) is 0 Å². The lowest BCUT2D eigenvalue weighted by atomic mass is 9.90. The Kier molecular flexibility index (Phi) is 12.5. The van der Waals surface area contributed by atoms with Crippen LogP contribution in [-0.4, -0.2) is 0 Å². The molecule has 0 saturated heterocycles. The molecule has 0 fully saturated rings. The number of nitriles is 2. The van der Waals surface area contributed by atoms with Crippen LogP contribution in [0.1, 0.15) is 33.4 Å². The van der Waals surface area contributed by atoms with Gasteiger partial charge in [0.05, 0.1) is 11.1 Å². The van der Waals surface area contributed by atoms with Crippen molar-refractivity contribution in [3.63, 3.8) is 0 Å². The smallest absolute Gasteiger partial charge is 0.100 e. The zero-order valence-electron chi connectivity index (χ0n) is 39.3. The third-order valence-corrected chi connectivity index (χ3v) is 13.2. The number of hydrogen-bond acceptors (Lipinski definition) is 4. The number of hydrogen-bond donors (Lipinski definition) is 0. The molecule has 338 valence electrons. The molecule has 0 unspecified atom stereocenters. The topological polar surface area (TPSA) is 54.1 Å². The van der Waals surface area contributed by atoms with E-state index in [1.807, 2.05) is 72.8 Å². The molecule has 4 heteroatoms. The summed E-state index contributed by atoms with van der Waals surface area (Å²) in [4.78, 5) is 4.54. The van der Waals surface area contributed by atoms with E-state index >= 15 is 0 Å². The van der Waals surface area contributed by atoms with E-state index in [0.29, 0.717) is 11.1 Å². The van der Waals surface area contributed by atoms with Crippen molar-refractivity contribution in [2.24, 2.45) is 0 Å². The summed E-state index contributed by atoms with van der Waals surface area (Å²) in [6.07, 6.45) is 0. The van der Waals surface area contributed by atoms with Gasteiger partial charge in [-0.1, -0.05) is 206 Å². The lowest BCUT2D eigenvalue weighted by molar-refractivity contribution is 1.26. The fourth-order valence-electron chi connectivity index (χ4n) is 9.69. The molecule has 4 nitrogen and oxygen atoms in total. The number of benzene rings is 11. The van der Waals surface area contributed by atoms with Gasteiger partial charge in [-0.25, -0.2) is 0 Å². The van der Waals surface area contributed by atoms with Gasteiger partial charge < -0.3 is 9.80 Å². The van der Waals surface area contributed by atoms with E-state index in [2.05, 4.69) is 228 Å². The molecular weight excluding hydrogens is 873 g/mol. The summed E-state index contributed by atoms with van der Waals surface area (Å²) in [6, 6.07) is 101. The summed E-state index contributed by atoms with van der Waals surface area (Å²) in [6.45, 7) is 0. The highest BCUT2D eigenvalue weighted by Gasteiger charge is 2.20. The molecule has 0 atom stereocenters. The van der Waals surface area contributed by atoms with Crippen molar-refractivity contribution in [1.29, 1.82) is 10.5 Å². The third-order valence-electron chi connectivity index (χ3n) is 13.2. The molecule has 0 N–H and O–H groups in total. The molecule has 0 aliphatic rings. The Labute approximate surface area is 420 Å². The third kappa shape index (κ3) is 9.04. The number of rotatable bonds is 12. The van der Waals surface area contributed by atoms with E-state index in [-0.39, 0.29) is 0 Å². The highest BCUT2D eigenvalue weighted by molar-refractivity contribution is 6.05. The highest BCUT2D eigenvalue weighted by atomic mass is 15.2. The molecule has 0 radical (unpaired) electrons. The Hall–Kier alpha value is -10.0. The first-order valence-electron chi connectivity index (χ1n) is 24.0. The highest BCUT2D eigenvalue weighted by Crippen LogP contribution is 2.42. The predicted octanol–water partition coefficient (Wildman–Crippen LogP) is 17.9. The van der Waals surface area contributed by atoms with Gasteiger partial charge >= 0.3 is 0 Å². The number of allylic oxidation sites excluding steroid dienone is 2. The van der Waals surface area contributed by atoms with Gasteiger partial charge in [0.25, 0.3) is 0 Å². The largest absolute Gasteiger partial charge is 0.310 e. The van der Waals surface area contributed by atoms with Gasteiger partial charge in [-0.05, 0) is 128 Å². The normalized spacial score (nSPS) is 10.8. The fourth-order valence-corrected chi connectivity index (χ4v) is 9.69. The molecule has 0 bridgehead atoms. The molecule has 0 aromatic heterocycles. The van der Waals surface area contributed by atoms with Crippen LogP contribution >= 0.6 is 0 Å². The van der Waals surface area contributed by atoms with Crippen molar-refractivity contribution >= 4 is 78.0 Å². The zero-order valence-corrected chi connectivity index (χ0v) is 39.3. The second-order valence-corrected chi connectivity index (χ2v) is 17.5. The maximum Gasteiger partial charge on any atom is 0.100 e. The van der Waals surface area contributed by atoms with Crippen LogP contribution < -0.4 is 9.80 Å². The standard InChI is InChI=1S/C68H46N4/c69-47-65(67(53-19-5-1-6-20-53)54-21-7-2-8-22-54)51-31-35-59(36-32-51)71(63-39-29-49-17-13-15-27-57(49)45-63)61-41-43-62(44-42-61)72(64-40-30-50-18-14-16-28-58(50)46-64)60-37-33-52(34-38-60)66(48-70)68(55-23-9-3-10-24-55)56-25-11-4-12-26-56/h1-46H. The lowest BCUT2D eigenvalue weighted by Gasteiger charge is -2.29. The number of fused-ring (bicyclic) bond motifs is 2. The average molecular weight is 919 g/mol. The van der Waals surface area contributed by atoms with Crippen LogP contribution in [0.5, 0.6) is 0 Å².